The number of pyridine rings is 1. The molecule has 10 nitrogen and oxygen atoms in total. The van der Waals surface area contributed by atoms with Crippen LogP contribution in [0, 0.1) is 6.92 Å². The number of ether oxygens (including phenoxy) is 1. The standard InChI is InChI=1S/C26H29N5O5/c1-18-16-22(30-36-18)29-23(32)9-10-24(33)31(20-6-3-2-4-7-20)25(19-11-13-27-14-12-19)26(34)28-17-21-8-5-15-35-21/h2-4,6-7,11-14,16,21,25H,5,8-10,15,17H2,1H3,(H,28,34)(H,29,30,32)/t21-,25-/m1/s1. The average Bonchev–Trinajstić information content (AvgIpc) is 3.57. The van der Waals surface area contributed by atoms with E-state index in [9.17, 15) is 14.4 Å². The molecule has 0 saturated carbocycles. The highest BCUT2D eigenvalue weighted by Gasteiger charge is 2.33. The van der Waals surface area contributed by atoms with Crippen molar-refractivity contribution in [2.45, 2.75) is 44.8 Å². The predicted octanol–water partition coefficient (Wildman–Crippen LogP) is 3.17. The number of nitrogens with one attached hydrogen (secondary N) is 2. The van der Waals surface area contributed by atoms with Gasteiger partial charge >= 0.3 is 0 Å². The summed E-state index contributed by atoms with van der Waals surface area (Å²) in [4.78, 5) is 45.0. The van der Waals surface area contributed by atoms with E-state index in [0.29, 0.717) is 30.2 Å². The van der Waals surface area contributed by atoms with Crippen molar-refractivity contribution in [2.75, 3.05) is 23.4 Å². The van der Waals surface area contributed by atoms with Gasteiger partial charge in [0.1, 0.15) is 11.8 Å². The van der Waals surface area contributed by atoms with Crippen molar-refractivity contribution < 1.29 is 23.6 Å². The first-order valence-corrected chi connectivity index (χ1v) is 11.9. The highest BCUT2D eigenvalue weighted by molar-refractivity contribution is 6.03. The molecule has 3 amide bonds. The van der Waals surface area contributed by atoms with Gasteiger partial charge in [-0.3, -0.25) is 24.3 Å². The molecule has 1 saturated heterocycles. The third-order valence-electron chi connectivity index (χ3n) is 5.82. The fourth-order valence-corrected chi connectivity index (χ4v) is 4.08. The van der Waals surface area contributed by atoms with Crippen LogP contribution in [0.25, 0.3) is 0 Å². The summed E-state index contributed by atoms with van der Waals surface area (Å²) in [5.41, 5.74) is 1.15. The summed E-state index contributed by atoms with van der Waals surface area (Å²) in [6.45, 7) is 2.75. The minimum atomic E-state index is -0.953. The van der Waals surface area contributed by atoms with Gasteiger partial charge in [-0.05, 0) is 49.6 Å². The number of carbonyl (C=O) groups is 3. The van der Waals surface area contributed by atoms with Crippen LogP contribution in [0.3, 0.4) is 0 Å². The lowest BCUT2D eigenvalue weighted by Crippen LogP contribution is -2.45. The second-order valence-corrected chi connectivity index (χ2v) is 8.53. The van der Waals surface area contributed by atoms with Crippen molar-refractivity contribution >= 4 is 29.2 Å². The van der Waals surface area contributed by atoms with Gasteiger partial charge in [0.25, 0.3) is 0 Å². The van der Waals surface area contributed by atoms with Crippen LogP contribution in [-0.2, 0) is 19.1 Å². The fraction of sp³-hybridized carbons (Fsp3) is 0.346. The van der Waals surface area contributed by atoms with Gasteiger partial charge in [0, 0.05) is 50.1 Å². The third-order valence-corrected chi connectivity index (χ3v) is 5.82. The van der Waals surface area contributed by atoms with Crippen LogP contribution in [-0.4, -0.2) is 47.1 Å². The Bertz CT molecular complexity index is 1160. The van der Waals surface area contributed by atoms with E-state index in [1.54, 1.807) is 61.8 Å². The Hall–Kier alpha value is -4.05. The number of para-hydroxylation sites is 1. The molecule has 10 heteroatoms. The van der Waals surface area contributed by atoms with Crippen molar-refractivity contribution in [1.29, 1.82) is 0 Å². The molecule has 2 aromatic heterocycles. The Balaban J connectivity index is 1.55. The molecule has 4 rings (SSSR count). The molecule has 1 aliphatic rings. The Morgan fingerprint density at radius 3 is 2.56 bits per heavy atom. The van der Waals surface area contributed by atoms with Crippen LogP contribution >= 0.6 is 0 Å². The molecule has 0 aliphatic carbocycles. The Labute approximate surface area is 209 Å². The van der Waals surface area contributed by atoms with E-state index in [0.717, 1.165) is 12.8 Å². The number of hydrogen-bond donors (Lipinski definition) is 2. The van der Waals surface area contributed by atoms with Crippen LogP contribution in [0.5, 0.6) is 0 Å². The molecule has 36 heavy (non-hydrogen) atoms. The van der Waals surface area contributed by atoms with Gasteiger partial charge in [0.05, 0.1) is 6.10 Å². The van der Waals surface area contributed by atoms with E-state index < -0.39 is 6.04 Å². The van der Waals surface area contributed by atoms with Gasteiger partial charge in [0.15, 0.2) is 5.82 Å². The topological polar surface area (TPSA) is 127 Å². The van der Waals surface area contributed by atoms with E-state index in [1.807, 2.05) is 6.07 Å². The zero-order valence-corrected chi connectivity index (χ0v) is 20.1. The van der Waals surface area contributed by atoms with E-state index >= 15 is 0 Å². The van der Waals surface area contributed by atoms with Gasteiger partial charge < -0.3 is 19.9 Å². The summed E-state index contributed by atoms with van der Waals surface area (Å²) in [7, 11) is 0. The van der Waals surface area contributed by atoms with Crippen LogP contribution in [0.1, 0.15) is 43.0 Å². The lowest BCUT2D eigenvalue weighted by molar-refractivity contribution is -0.127. The van der Waals surface area contributed by atoms with E-state index in [1.165, 1.54) is 4.90 Å². The average molecular weight is 492 g/mol. The maximum absolute atomic E-state index is 13.6. The third kappa shape index (κ3) is 6.54. The number of benzene rings is 1. The largest absolute Gasteiger partial charge is 0.376 e. The van der Waals surface area contributed by atoms with Crippen molar-refractivity contribution in [3.63, 3.8) is 0 Å². The number of aryl methyl sites for hydroxylation is 1. The highest BCUT2D eigenvalue weighted by Crippen LogP contribution is 2.29. The number of aromatic nitrogens is 2. The smallest absolute Gasteiger partial charge is 0.247 e. The lowest BCUT2D eigenvalue weighted by atomic mass is 10.0. The molecule has 2 N–H and O–H groups in total. The minimum absolute atomic E-state index is 0.0446. The summed E-state index contributed by atoms with van der Waals surface area (Å²) in [6, 6.07) is 13.0. The minimum Gasteiger partial charge on any atom is -0.376 e. The zero-order chi connectivity index (χ0) is 25.3. The summed E-state index contributed by atoms with van der Waals surface area (Å²) < 4.78 is 10.6. The molecule has 1 aliphatic heterocycles. The van der Waals surface area contributed by atoms with Crippen LogP contribution in [0.2, 0.25) is 0 Å². The van der Waals surface area contributed by atoms with E-state index in [2.05, 4.69) is 20.8 Å². The normalized spacial score (nSPS) is 15.8. The molecular formula is C26H29N5O5. The van der Waals surface area contributed by atoms with Crippen molar-refractivity contribution in [1.82, 2.24) is 15.5 Å². The number of anilines is 2. The number of amides is 3. The molecule has 0 spiro atoms. The van der Waals surface area contributed by atoms with Crippen LogP contribution in [0.4, 0.5) is 11.5 Å². The monoisotopic (exact) mass is 491 g/mol. The first-order chi connectivity index (χ1) is 17.5. The number of nitrogens with zero attached hydrogens (tertiary/aromatic N) is 3. The van der Waals surface area contributed by atoms with E-state index in [4.69, 9.17) is 9.26 Å². The van der Waals surface area contributed by atoms with Crippen molar-refractivity contribution in [3.8, 4) is 0 Å². The fourth-order valence-electron chi connectivity index (χ4n) is 4.08. The van der Waals surface area contributed by atoms with Crippen LogP contribution in [0.15, 0.2) is 65.4 Å². The molecule has 0 unspecified atom stereocenters. The van der Waals surface area contributed by atoms with Gasteiger partial charge in [-0.1, -0.05) is 23.4 Å². The summed E-state index contributed by atoms with van der Waals surface area (Å²) >= 11 is 0. The molecule has 0 radical (unpaired) electrons. The van der Waals surface area contributed by atoms with Gasteiger partial charge in [0.2, 0.25) is 17.7 Å². The Kier molecular flexibility index (Phi) is 8.40. The molecular weight excluding hydrogens is 462 g/mol. The van der Waals surface area contributed by atoms with Gasteiger partial charge in [-0.15, -0.1) is 0 Å². The molecule has 2 atom stereocenters. The maximum atomic E-state index is 13.6. The summed E-state index contributed by atoms with van der Waals surface area (Å²) in [6.07, 6.45) is 4.75. The lowest BCUT2D eigenvalue weighted by Gasteiger charge is -2.31. The van der Waals surface area contributed by atoms with E-state index in [-0.39, 0.29) is 42.5 Å². The second-order valence-electron chi connectivity index (χ2n) is 8.53. The molecule has 1 aromatic carbocycles. The van der Waals surface area contributed by atoms with Crippen molar-refractivity contribution in [3.05, 3.63) is 72.2 Å². The summed E-state index contributed by atoms with van der Waals surface area (Å²) in [5.74, 6) is -0.245. The Morgan fingerprint density at radius 2 is 1.89 bits per heavy atom. The SMILES string of the molecule is Cc1cc(NC(=O)CCC(=O)N(c2ccccc2)[C@@H](C(=O)NC[C@H]2CCCO2)c2ccncc2)no1. The van der Waals surface area contributed by atoms with Gasteiger partial charge in [-0.2, -0.15) is 0 Å². The predicted molar refractivity (Wildman–Crippen MR) is 132 cm³/mol. The maximum Gasteiger partial charge on any atom is 0.247 e. The first kappa shape index (κ1) is 25.1. The molecule has 3 aromatic rings. The number of hydrogen-bond acceptors (Lipinski definition) is 7. The molecule has 0 bridgehead atoms. The zero-order valence-electron chi connectivity index (χ0n) is 20.1. The molecule has 1 fully saturated rings. The number of carbonyl (C=O) groups excluding carboxylic acids is 3. The Morgan fingerprint density at radius 1 is 1.11 bits per heavy atom. The first-order valence-electron chi connectivity index (χ1n) is 11.9. The molecule has 3 heterocycles. The summed E-state index contributed by atoms with van der Waals surface area (Å²) in [5, 5.41) is 9.31. The highest BCUT2D eigenvalue weighted by atomic mass is 16.5. The molecule has 188 valence electrons. The van der Waals surface area contributed by atoms with Gasteiger partial charge in [-0.25, -0.2) is 0 Å². The van der Waals surface area contributed by atoms with Crippen molar-refractivity contribution in [2.24, 2.45) is 0 Å². The number of rotatable bonds is 10. The second kappa shape index (κ2) is 12.1. The quantitative estimate of drug-likeness (QED) is 0.446. The van der Waals surface area contributed by atoms with Crippen LogP contribution < -0.4 is 15.5 Å².